The monoisotopic (exact) mass is 516 g/mol. The second-order valence-corrected chi connectivity index (χ2v) is 6.12. The van der Waals surface area contributed by atoms with Gasteiger partial charge in [0.05, 0.1) is 6.54 Å². The van der Waals surface area contributed by atoms with E-state index in [1.807, 2.05) is 30.3 Å². The largest absolute Gasteiger partial charge is 0.370 e. The molecule has 0 aliphatic heterocycles. The molecule has 0 saturated heterocycles. The highest BCUT2D eigenvalue weighted by Gasteiger charge is 2.03. The number of amides is 1. The molecule has 0 spiro atoms. The molecule has 0 unspecified atom stereocenters. The number of nitrogens with two attached hydrogens (primary N) is 1. The third-order valence-electron chi connectivity index (χ3n) is 3.39. The van der Waals surface area contributed by atoms with Gasteiger partial charge in [0.25, 0.3) is 5.91 Å². The van der Waals surface area contributed by atoms with Crippen LogP contribution in [0.4, 0.5) is 5.69 Å². The van der Waals surface area contributed by atoms with Crippen molar-refractivity contribution in [1.29, 1.82) is 0 Å². The van der Waals surface area contributed by atoms with Crippen molar-refractivity contribution >= 4 is 57.5 Å². The molecule has 2 aromatic rings. The summed E-state index contributed by atoms with van der Waals surface area (Å²) in [6.07, 6.45) is 0.967. The molecular weight excluding hydrogens is 495 g/mol. The summed E-state index contributed by atoms with van der Waals surface area (Å²) < 4.78 is 0.939. The minimum absolute atomic E-state index is 0. The van der Waals surface area contributed by atoms with Crippen LogP contribution in [0.25, 0.3) is 0 Å². The standard InChI is InChI=1S/C18H21BrN4O.HI/c1-2-13-4-3-5-16(12-13)23-18(20)22-11-10-21-17(24)14-6-8-15(19)9-7-14;/h3-9,12H,2,10-11H2,1H3,(H,21,24)(H3,20,22,23);1H. The zero-order chi connectivity index (χ0) is 17.4. The number of aryl methyl sites for hydroxylation is 1. The first kappa shape index (κ1) is 21.4. The van der Waals surface area contributed by atoms with Crippen LogP contribution >= 0.6 is 39.9 Å². The first-order valence-corrected chi connectivity index (χ1v) is 8.57. The van der Waals surface area contributed by atoms with Crippen molar-refractivity contribution in [3.8, 4) is 0 Å². The quantitative estimate of drug-likeness (QED) is 0.236. The molecule has 0 atom stereocenters. The number of hydrogen-bond acceptors (Lipinski definition) is 2. The Kier molecular flexibility index (Phi) is 9.51. The van der Waals surface area contributed by atoms with Gasteiger partial charge in [0.15, 0.2) is 5.96 Å². The number of hydrogen-bond donors (Lipinski definition) is 3. The Bertz CT molecular complexity index is 719. The van der Waals surface area contributed by atoms with Crippen molar-refractivity contribution in [2.24, 2.45) is 10.7 Å². The van der Waals surface area contributed by atoms with Gasteiger partial charge in [-0.2, -0.15) is 0 Å². The van der Waals surface area contributed by atoms with E-state index in [9.17, 15) is 4.79 Å². The van der Waals surface area contributed by atoms with E-state index in [1.165, 1.54) is 5.56 Å². The molecular formula is C18H22BrIN4O. The van der Waals surface area contributed by atoms with Crippen LogP contribution in [0.1, 0.15) is 22.8 Å². The number of carbonyl (C=O) groups excluding carboxylic acids is 1. The van der Waals surface area contributed by atoms with Crippen LogP contribution in [0.2, 0.25) is 0 Å². The van der Waals surface area contributed by atoms with Crippen molar-refractivity contribution in [2.45, 2.75) is 13.3 Å². The highest BCUT2D eigenvalue weighted by atomic mass is 127. The van der Waals surface area contributed by atoms with E-state index in [1.54, 1.807) is 12.1 Å². The van der Waals surface area contributed by atoms with Gasteiger partial charge in [-0.15, -0.1) is 24.0 Å². The molecule has 0 fully saturated rings. The van der Waals surface area contributed by atoms with Crippen LogP contribution in [-0.2, 0) is 6.42 Å². The second-order valence-electron chi connectivity index (χ2n) is 5.21. The SMILES string of the molecule is CCc1cccc(NC(N)=NCCNC(=O)c2ccc(Br)cc2)c1.I. The van der Waals surface area contributed by atoms with E-state index in [0.717, 1.165) is 16.6 Å². The fraction of sp³-hybridized carbons (Fsp3) is 0.222. The summed E-state index contributed by atoms with van der Waals surface area (Å²) in [5.74, 6) is 0.209. The van der Waals surface area contributed by atoms with Gasteiger partial charge in [-0.05, 0) is 48.4 Å². The van der Waals surface area contributed by atoms with E-state index in [-0.39, 0.29) is 29.9 Å². The zero-order valence-electron chi connectivity index (χ0n) is 14.0. The van der Waals surface area contributed by atoms with Gasteiger partial charge in [-0.25, -0.2) is 0 Å². The molecule has 0 bridgehead atoms. The summed E-state index contributed by atoms with van der Waals surface area (Å²) in [5.41, 5.74) is 8.62. The zero-order valence-corrected chi connectivity index (χ0v) is 17.9. The smallest absolute Gasteiger partial charge is 0.251 e. The average Bonchev–Trinajstić information content (AvgIpc) is 2.59. The Morgan fingerprint density at radius 3 is 2.60 bits per heavy atom. The third-order valence-corrected chi connectivity index (χ3v) is 3.92. The predicted molar refractivity (Wildman–Crippen MR) is 118 cm³/mol. The Morgan fingerprint density at radius 1 is 1.20 bits per heavy atom. The van der Waals surface area contributed by atoms with Gasteiger partial charge >= 0.3 is 0 Å². The molecule has 0 aliphatic rings. The van der Waals surface area contributed by atoms with Crippen LogP contribution in [0, 0.1) is 0 Å². The number of rotatable bonds is 6. The Hall–Kier alpha value is -1.61. The number of halogens is 2. The summed E-state index contributed by atoms with van der Waals surface area (Å²) in [4.78, 5) is 16.2. The van der Waals surface area contributed by atoms with Crippen LogP contribution in [0.3, 0.4) is 0 Å². The number of nitrogens with one attached hydrogen (secondary N) is 2. The molecule has 7 heteroatoms. The molecule has 5 nitrogen and oxygen atoms in total. The lowest BCUT2D eigenvalue weighted by Gasteiger charge is -2.07. The van der Waals surface area contributed by atoms with E-state index >= 15 is 0 Å². The molecule has 0 radical (unpaired) electrons. The summed E-state index contributed by atoms with van der Waals surface area (Å²) in [7, 11) is 0. The fourth-order valence-electron chi connectivity index (χ4n) is 2.11. The molecule has 134 valence electrons. The van der Waals surface area contributed by atoms with Crippen molar-refractivity contribution < 1.29 is 4.79 Å². The molecule has 0 aromatic heterocycles. The molecule has 25 heavy (non-hydrogen) atoms. The number of benzene rings is 2. The molecule has 0 aliphatic carbocycles. The number of nitrogens with zero attached hydrogens (tertiary/aromatic N) is 1. The first-order chi connectivity index (χ1) is 11.6. The highest BCUT2D eigenvalue weighted by Crippen LogP contribution is 2.11. The summed E-state index contributed by atoms with van der Waals surface area (Å²) in [6.45, 7) is 2.94. The Balaban J connectivity index is 0.00000312. The van der Waals surface area contributed by atoms with Crippen molar-refractivity contribution in [3.05, 3.63) is 64.1 Å². The minimum atomic E-state index is -0.125. The fourth-order valence-corrected chi connectivity index (χ4v) is 2.37. The second kappa shape index (κ2) is 11.1. The lowest BCUT2D eigenvalue weighted by Crippen LogP contribution is -2.28. The number of carbonyl (C=O) groups is 1. The van der Waals surface area contributed by atoms with Crippen LogP contribution in [-0.4, -0.2) is 25.0 Å². The molecule has 1 amide bonds. The van der Waals surface area contributed by atoms with E-state index < -0.39 is 0 Å². The molecule has 2 aromatic carbocycles. The van der Waals surface area contributed by atoms with Gasteiger partial charge in [0.2, 0.25) is 0 Å². The van der Waals surface area contributed by atoms with Gasteiger partial charge in [0, 0.05) is 22.3 Å². The van der Waals surface area contributed by atoms with Crippen molar-refractivity contribution in [2.75, 3.05) is 18.4 Å². The number of anilines is 1. The molecule has 2 rings (SSSR count). The van der Waals surface area contributed by atoms with Gasteiger partial charge in [-0.3, -0.25) is 9.79 Å². The van der Waals surface area contributed by atoms with E-state index in [0.29, 0.717) is 24.6 Å². The normalized spacial score (nSPS) is 10.7. The molecule has 0 heterocycles. The molecule has 4 N–H and O–H groups in total. The lowest BCUT2D eigenvalue weighted by molar-refractivity contribution is 0.0955. The third kappa shape index (κ3) is 7.43. The number of guanidine groups is 1. The minimum Gasteiger partial charge on any atom is -0.370 e. The van der Waals surface area contributed by atoms with Gasteiger partial charge in [-0.1, -0.05) is 35.0 Å². The maximum atomic E-state index is 11.9. The lowest BCUT2D eigenvalue weighted by atomic mass is 10.1. The van der Waals surface area contributed by atoms with Crippen molar-refractivity contribution in [1.82, 2.24) is 5.32 Å². The Morgan fingerprint density at radius 2 is 1.92 bits per heavy atom. The van der Waals surface area contributed by atoms with Crippen molar-refractivity contribution in [3.63, 3.8) is 0 Å². The number of aliphatic imine (C=N–C) groups is 1. The van der Waals surface area contributed by atoms with E-state index in [4.69, 9.17) is 5.73 Å². The first-order valence-electron chi connectivity index (χ1n) is 7.78. The Labute approximate surface area is 173 Å². The van der Waals surface area contributed by atoms with Crippen LogP contribution in [0.5, 0.6) is 0 Å². The predicted octanol–water partition coefficient (Wildman–Crippen LogP) is 3.79. The highest BCUT2D eigenvalue weighted by molar-refractivity contribution is 14.0. The summed E-state index contributed by atoms with van der Waals surface area (Å²) in [6, 6.07) is 15.2. The van der Waals surface area contributed by atoms with Gasteiger partial charge in [0.1, 0.15) is 0 Å². The van der Waals surface area contributed by atoms with Gasteiger partial charge < -0.3 is 16.4 Å². The topological polar surface area (TPSA) is 79.5 Å². The summed E-state index contributed by atoms with van der Waals surface area (Å²) in [5, 5.41) is 5.86. The average molecular weight is 517 g/mol. The van der Waals surface area contributed by atoms with Crippen LogP contribution < -0.4 is 16.4 Å². The van der Waals surface area contributed by atoms with Crippen LogP contribution in [0.15, 0.2) is 58.0 Å². The van der Waals surface area contributed by atoms with E-state index in [2.05, 4.69) is 44.5 Å². The maximum Gasteiger partial charge on any atom is 0.251 e. The maximum absolute atomic E-state index is 11.9. The molecule has 0 saturated carbocycles. The summed E-state index contributed by atoms with van der Waals surface area (Å²) >= 11 is 3.34.